The monoisotopic (exact) mass is 428 g/mol. The van der Waals surface area contributed by atoms with Gasteiger partial charge in [0.25, 0.3) is 6.01 Å². The number of piperazine rings is 1. The number of hydrogen-bond donors (Lipinski definition) is 1. The van der Waals surface area contributed by atoms with Gasteiger partial charge in [-0.15, -0.1) is 11.3 Å². The van der Waals surface area contributed by atoms with Crippen molar-refractivity contribution in [2.45, 2.75) is 31.0 Å². The number of anilines is 1. The number of nitrogens with zero attached hydrogens (tertiary/aromatic N) is 4. The van der Waals surface area contributed by atoms with E-state index in [1.807, 2.05) is 22.4 Å². The van der Waals surface area contributed by atoms with Gasteiger partial charge in [0.15, 0.2) is 11.1 Å². The number of carboxylic acid groups (broad SMARTS) is 1. The van der Waals surface area contributed by atoms with Gasteiger partial charge in [-0.1, -0.05) is 0 Å². The lowest BCUT2D eigenvalue weighted by Crippen LogP contribution is -2.70. The highest BCUT2D eigenvalue weighted by molar-refractivity contribution is 7.13. The number of aromatic nitrogens is 2. The Kier molecular flexibility index (Phi) is 4.10. The number of oxazole rings is 1. The van der Waals surface area contributed by atoms with Gasteiger partial charge < -0.3 is 23.9 Å². The molecule has 0 saturated carbocycles. The number of thiazole rings is 1. The Hall–Kier alpha value is -2.85. The summed E-state index contributed by atoms with van der Waals surface area (Å²) in [5.74, 6) is 0.671. The number of hydrogen-bond acceptors (Lipinski definition) is 8. The predicted octanol–water partition coefficient (Wildman–Crippen LogP) is 3.06. The van der Waals surface area contributed by atoms with Crippen molar-refractivity contribution in [2.75, 3.05) is 31.2 Å². The second-order valence-corrected chi connectivity index (χ2v) is 8.76. The molecule has 0 spiro atoms. The molecule has 1 amide bonds. The molecule has 0 radical (unpaired) electrons. The number of fused-ring (bicyclic) bond motifs is 3. The van der Waals surface area contributed by atoms with E-state index in [-0.39, 0.29) is 18.2 Å². The first-order valence-corrected chi connectivity index (χ1v) is 10.9. The average Bonchev–Trinajstić information content (AvgIpc) is 3.49. The number of ether oxygens (including phenoxy) is 2. The van der Waals surface area contributed by atoms with Gasteiger partial charge in [-0.25, -0.2) is 9.78 Å². The molecule has 2 bridgehead atoms. The highest BCUT2D eigenvalue weighted by Gasteiger charge is 2.48. The van der Waals surface area contributed by atoms with Gasteiger partial charge in [-0.05, 0) is 18.6 Å². The van der Waals surface area contributed by atoms with Gasteiger partial charge in [-0.3, -0.25) is 4.90 Å². The molecule has 9 nitrogen and oxygen atoms in total. The predicted molar refractivity (Wildman–Crippen MR) is 109 cm³/mol. The molecule has 4 aliphatic rings. The summed E-state index contributed by atoms with van der Waals surface area (Å²) >= 11 is 1.54. The van der Waals surface area contributed by atoms with Gasteiger partial charge in [0, 0.05) is 31.1 Å². The molecule has 3 atom stereocenters. The minimum atomic E-state index is -0.853. The fraction of sp³-hybridized carbons (Fsp3) is 0.450. The summed E-state index contributed by atoms with van der Waals surface area (Å²) in [4.78, 5) is 24.2. The molecule has 2 unspecified atom stereocenters. The van der Waals surface area contributed by atoms with Crippen LogP contribution in [0, 0.1) is 0 Å². The van der Waals surface area contributed by atoms with E-state index in [4.69, 9.17) is 18.9 Å². The molecule has 4 fully saturated rings. The lowest BCUT2D eigenvalue weighted by molar-refractivity contribution is 0.0101. The number of rotatable bonds is 4. The minimum Gasteiger partial charge on any atom is -0.486 e. The topological polar surface area (TPSA) is 101 Å². The quantitative estimate of drug-likeness (QED) is 0.677. The number of carbonyl (C=O) groups is 1. The molecule has 1 N–H and O–H groups in total. The smallest absolute Gasteiger partial charge is 0.407 e. The Morgan fingerprint density at radius 2 is 2.17 bits per heavy atom. The van der Waals surface area contributed by atoms with Crippen molar-refractivity contribution in [3.63, 3.8) is 0 Å². The van der Waals surface area contributed by atoms with E-state index in [0.717, 1.165) is 23.4 Å². The Bertz CT molecular complexity index is 1080. The van der Waals surface area contributed by atoms with Crippen LogP contribution in [0.4, 0.5) is 10.8 Å². The highest BCUT2D eigenvalue weighted by atomic mass is 32.1. The Morgan fingerprint density at radius 1 is 1.30 bits per heavy atom. The second-order valence-electron chi connectivity index (χ2n) is 7.86. The fourth-order valence-corrected chi connectivity index (χ4v) is 5.25. The van der Waals surface area contributed by atoms with Crippen LogP contribution in [-0.2, 0) is 4.74 Å². The zero-order valence-corrected chi connectivity index (χ0v) is 16.9. The summed E-state index contributed by atoms with van der Waals surface area (Å²) in [5, 5.41) is 12.1. The van der Waals surface area contributed by atoms with Crippen molar-refractivity contribution in [3.8, 4) is 16.3 Å². The molecule has 1 aromatic carbocycles. The molecule has 2 aromatic heterocycles. The van der Waals surface area contributed by atoms with E-state index >= 15 is 0 Å². The van der Waals surface area contributed by atoms with Gasteiger partial charge in [-0.2, -0.15) is 4.98 Å². The van der Waals surface area contributed by atoms with Gasteiger partial charge in [0.2, 0.25) is 0 Å². The third-order valence-corrected chi connectivity index (χ3v) is 6.83. The summed E-state index contributed by atoms with van der Waals surface area (Å²) < 4.78 is 17.8. The molecule has 0 aliphatic carbocycles. The molecular formula is C20H20N4O5S. The van der Waals surface area contributed by atoms with Crippen LogP contribution in [-0.4, -0.2) is 70.6 Å². The number of benzene rings is 1. The summed E-state index contributed by atoms with van der Waals surface area (Å²) in [7, 11) is 0. The van der Waals surface area contributed by atoms with Crippen molar-refractivity contribution in [2.24, 2.45) is 0 Å². The van der Waals surface area contributed by atoms with Crippen LogP contribution >= 0.6 is 11.3 Å². The minimum absolute atomic E-state index is 0.00539. The molecule has 10 heteroatoms. The standard InChI is InChI=1S/C20H20N4O5S/c25-20(26)24-11-7-12(24)9-23(8-11)19-22-16-15(28-13-3-5-27-10-13)2-1-14(17(16)29-19)18-21-4-6-30-18/h1-2,4,6,11-13H,3,5,7-10H2,(H,25,26)/t11?,12?,13-/m1/s1. The summed E-state index contributed by atoms with van der Waals surface area (Å²) in [6.07, 6.45) is 2.66. The first kappa shape index (κ1) is 18.0. The fourth-order valence-electron chi connectivity index (χ4n) is 4.59. The zero-order chi connectivity index (χ0) is 20.2. The lowest BCUT2D eigenvalue weighted by Gasteiger charge is -2.54. The number of amides is 1. The second kappa shape index (κ2) is 6.85. The molecule has 4 saturated heterocycles. The SMILES string of the molecule is O=C(O)N1C2CC1CN(c1nc3c(O[C@@H]4CCOC4)ccc(-c4nccs4)c3o1)C2. The summed E-state index contributed by atoms with van der Waals surface area (Å²) in [5.41, 5.74) is 2.19. The molecule has 3 aromatic rings. The normalized spacial score (nSPS) is 25.5. The van der Waals surface area contributed by atoms with Crippen LogP contribution in [0.15, 0.2) is 28.1 Å². The lowest BCUT2D eigenvalue weighted by atomic mass is 9.88. The molecule has 7 rings (SSSR count). The van der Waals surface area contributed by atoms with Crippen LogP contribution in [0.1, 0.15) is 12.8 Å². The first-order chi connectivity index (χ1) is 14.7. The van der Waals surface area contributed by atoms with Crippen LogP contribution < -0.4 is 9.64 Å². The maximum absolute atomic E-state index is 11.4. The average molecular weight is 428 g/mol. The van der Waals surface area contributed by atoms with E-state index in [2.05, 4.69) is 4.98 Å². The van der Waals surface area contributed by atoms with Crippen LogP contribution in [0.25, 0.3) is 21.7 Å². The van der Waals surface area contributed by atoms with E-state index in [1.54, 1.807) is 17.5 Å². The molecular weight excluding hydrogens is 408 g/mol. The van der Waals surface area contributed by atoms with Crippen molar-refractivity contribution in [1.29, 1.82) is 0 Å². The molecule has 6 heterocycles. The Morgan fingerprint density at radius 3 is 2.87 bits per heavy atom. The van der Waals surface area contributed by atoms with Crippen molar-refractivity contribution >= 4 is 34.5 Å². The Balaban J connectivity index is 1.37. The van der Waals surface area contributed by atoms with E-state index < -0.39 is 6.09 Å². The van der Waals surface area contributed by atoms with Crippen molar-refractivity contribution in [3.05, 3.63) is 23.7 Å². The molecule has 156 valence electrons. The highest BCUT2D eigenvalue weighted by Crippen LogP contribution is 2.40. The zero-order valence-electron chi connectivity index (χ0n) is 16.1. The van der Waals surface area contributed by atoms with Gasteiger partial charge >= 0.3 is 6.09 Å². The molecule has 4 aliphatic heterocycles. The van der Waals surface area contributed by atoms with Crippen LogP contribution in [0.3, 0.4) is 0 Å². The van der Waals surface area contributed by atoms with E-state index in [1.165, 1.54) is 4.90 Å². The van der Waals surface area contributed by atoms with E-state index in [9.17, 15) is 9.90 Å². The number of piperidine rings is 1. The Labute approximate surface area is 175 Å². The van der Waals surface area contributed by atoms with E-state index in [0.29, 0.717) is 49.2 Å². The summed E-state index contributed by atoms with van der Waals surface area (Å²) in [6, 6.07) is 4.35. The van der Waals surface area contributed by atoms with Crippen LogP contribution in [0.5, 0.6) is 5.75 Å². The molecule has 30 heavy (non-hydrogen) atoms. The van der Waals surface area contributed by atoms with Gasteiger partial charge in [0.05, 0.1) is 30.9 Å². The van der Waals surface area contributed by atoms with Crippen molar-refractivity contribution in [1.82, 2.24) is 14.9 Å². The third kappa shape index (κ3) is 2.82. The maximum Gasteiger partial charge on any atom is 0.407 e. The summed E-state index contributed by atoms with van der Waals surface area (Å²) in [6.45, 7) is 2.43. The van der Waals surface area contributed by atoms with Crippen LogP contribution in [0.2, 0.25) is 0 Å². The first-order valence-electron chi connectivity index (χ1n) is 10.0. The third-order valence-electron chi connectivity index (χ3n) is 6.02. The van der Waals surface area contributed by atoms with Crippen molar-refractivity contribution < 1.29 is 23.8 Å². The van der Waals surface area contributed by atoms with Gasteiger partial charge in [0.1, 0.15) is 16.9 Å². The maximum atomic E-state index is 11.4. The largest absolute Gasteiger partial charge is 0.486 e.